The van der Waals surface area contributed by atoms with Crippen molar-refractivity contribution in [3.05, 3.63) is 51.8 Å². The Kier molecular flexibility index (Phi) is 5.21. The number of hydrogen-bond acceptors (Lipinski definition) is 2. The summed E-state index contributed by atoms with van der Waals surface area (Å²) in [5, 5.41) is 8.67. The lowest BCUT2D eigenvalue weighted by atomic mass is 10.1. The molecule has 0 fully saturated rings. The molecule has 0 amide bonds. The summed E-state index contributed by atoms with van der Waals surface area (Å²) in [5.41, 5.74) is 4.71. The van der Waals surface area contributed by atoms with Crippen LogP contribution in [-0.4, -0.2) is 16.3 Å². The van der Waals surface area contributed by atoms with Gasteiger partial charge in [0.2, 0.25) is 0 Å². The Labute approximate surface area is 126 Å². The third kappa shape index (κ3) is 3.62. The Balaban J connectivity index is 1.86. The summed E-state index contributed by atoms with van der Waals surface area (Å²) in [5.74, 6) is 0. The third-order valence-electron chi connectivity index (χ3n) is 3.47. The molecule has 1 aromatic carbocycles. The van der Waals surface area contributed by atoms with Crippen molar-refractivity contribution in [1.82, 2.24) is 15.1 Å². The first-order chi connectivity index (χ1) is 9.61. The van der Waals surface area contributed by atoms with Crippen molar-refractivity contribution in [3.8, 4) is 0 Å². The van der Waals surface area contributed by atoms with Crippen LogP contribution in [0.15, 0.2) is 24.3 Å². The molecule has 2 rings (SSSR count). The van der Waals surface area contributed by atoms with Crippen LogP contribution >= 0.6 is 11.6 Å². The molecule has 0 radical (unpaired) electrons. The molecule has 0 bridgehead atoms. The number of halogens is 1. The van der Waals surface area contributed by atoms with E-state index in [-0.39, 0.29) is 0 Å². The van der Waals surface area contributed by atoms with Gasteiger partial charge in [0.25, 0.3) is 0 Å². The number of nitrogens with one attached hydrogen (secondary N) is 1. The summed E-state index contributed by atoms with van der Waals surface area (Å²) in [4.78, 5) is 0. The molecule has 4 heteroatoms. The van der Waals surface area contributed by atoms with Gasteiger partial charge in [0.15, 0.2) is 0 Å². The second kappa shape index (κ2) is 6.91. The molecular formula is C16H22ClN3. The van der Waals surface area contributed by atoms with E-state index in [9.17, 15) is 0 Å². The van der Waals surface area contributed by atoms with Gasteiger partial charge in [-0.15, -0.1) is 0 Å². The highest BCUT2D eigenvalue weighted by Gasteiger charge is 2.11. The first-order valence-electron chi connectivity index (χ1n) is 7.08. The summed E-state index contributed by atoms with van der Waals surface area (Å²) >= 11 is 6.32. The molecule has 0 saturated heterocycles. The molecule has 0 atom stereocenters. The van der Waals surface area contributed by atoms with Gasteiger partial charge < -0.3 is 5.32 Å². The Morgan fingerprint density at radius 1 is 1.35 bits per heavy atom. The SMILES string of the molecule is CCc1nn(C)c(CNCCc2cccc(C)c2)c1Cl. The van der Waals surface area contributed by atoms with Crippen LogP contribution in [0.4, 0.5) is 0 Å². The number of aryl methyl sites for hydroxylation is 3. The second-order valence-corrected chi connectivity index (χ2v) is 5.48. The summed E-state index contributed by atoms with van der Waals surface area (Å²) < 4.78 is 1.88. The van der Waals surface area contributed by atoms with Crippen LogP contribution in [0, 0.1) is 6.92 Å². The van der Waals surface area contributed by atoms with E-state index in [0.717, 1.165) is 42.3 Å². The molecule has 0 aliphatic rings. The van der Waals surface area contributed by atoms with Gasteiger partial charge in [-0.2, -0.15) is 5.10 Å². The van der Waals surface area contributed by atoms with Crippen LogP contribution in [0.25, 0.3) is 0 Å². The Hall–Kier alpha value is -1.32. The zero-order valence-electron chi connectivity index (χ0n) is 12.4. The fourth-order valence-corrected chi connectivity index (χ4v) is 2.68. The second-order valence-electron chi connectivity index (χ2n) is 5.10. The maximum absolute atomic E-state index is 6.32. The van der Waals surface area contributed by atoms with Crippen LogP contribution in [-0.2, 0) is 26.4 Å². The number of rotatable bonds is 6. The van der Waals surface area contributed by atoms with E-state index >= 15 is 0 Å². The summed E-state index contributed by atoms with van der Waals surface area (Å²) in [6.45, 7) is 5.89. The van der Waals surface area contributed by atoms with Gasteiger partial charge in [-0.25, -0.2) is 0 Å². The average Bonchev–Trinajstić information content (AvgIpc) is 2.70. The van der Waals surface area contributed by atoms with Gasteiger partial charge >= 0.3 is 0 Å². The van der Waals surface area contributed by atoms with Crippen molar-refractivity contribution in [2.45, 2.75) is 33.2 Å². The first-order valence-corrected chi connectivity index (χ1v) is 7.46. The first kappa shape index (κ1) is 15.1. The minimum Gasteiger partial charge on any atom is -0.311 e. The highest BCUT2D eigenvalue weighted by Crippen LogP contribution is 2.20. The molecule has 0 aliphatic heterocycles. The van der Waals surface area contributed by atoms with E-state index < -0.39 is 0 Å². The molecular weight excluding hydrogens is 270 g/mol. The van der Waals surface area contributed by atoms with Gasteiger partial charge in [-0.1, -0.05) is 48.4 Å². The van der Waals surface area contributed by atoms with Gasteiger partial charge in [0.05, 0.1) is 16.4 Å². The maximum Gasteiger partial charge on any atom is 0.0863 e. The van der Waals surface area contributed by atoms with Crippen LogP contribution in [0.2, 0.25) is 5.02 Å². The van der Waals surface area contributed by atoms with E-state index in [4.69, 9.17) is 11.6 Å². The molecule has 0 unspecified atom stereocenters. The van der Waals surface area contributed by atoms with Crippen LogP contribution in [0.1, 0.15) is 29.4 Å². The van der Waals surface area contributed by atoms with Crippen molar-refractivity contribution in [3.63, 3.8) is 0 Å². The molecule has 0 aliphatic carbocycles. The third-order valence-corrected chi connectivity index (χ3v) is 3.90. The topological polar surface area (TPSA) is 29.9 Å². The van der Waals surface area contributed by atoms with Gasteiger partial charge in [-0.3, -0.25) is 4.68 Å². The zero-order valence-corrected chi connectivity index (χ0v) is 13.2. The quantitative estimate of drug-likeness (QED) is 0.828. The van der Waals surface area contributed by atoms with Crippen LogP contribution < -0.4 is 5.32 Å². The number of nitrogens with zero attached hydrogens (tertiary/aromatic N) is 2. The molecule has 1 N–H and O–H groups in total. The number of hydrogen-bond donors (Lipinski definition) is 1. The molecule has 1 heterocycles. The van der Waals surface area contributed by atoms with Gasteiger partial charge in [0, 0.05) is 13.6 Å². The van der Waals surface area contributed by atoms with Crippen molar-refractivity contribution >= 4 is 11.6 Å². The highest BCUT2D eigenvalue weighted by atomic mass is 35.5. The van der Waals surface area contributed by atoms with Gasteiger partial charge in [0.1, 0.15) is 0 Å². The lowest BCUT2D eigenvalue weighted by molar-refractivity contribution is 0.623. The summed E-state index contributed by atoms with van der Waals surface area (Å²) in [7, 11) is 1.95. The van der Waals surface area contributed by atoms with Crippen molar-refractivity contribution in [2.24, 2.45) is 7.05 Å². The molecule has 2 aromatic rings. The van der Waals surface area contributed by atoms with Crippen molar-refractivity contribution < 1.29 is 0 Å². The van der Waals surface area contributed by atoms with E-state index in [2.05, 4.69) is 48.5 Å². The lowest BCUT2D eigenvalue weighted by Gasteiger charge is -2.06. The molecule has 0 spiro atoms. The Morgan fingerprint density at radius 2 is 2.15 bits per heavy atom. The van der Waals surface area contributed by atoms with Crippen molar-refractivity contribution in [2.75, 3.05) is 6.54 Å². The summed E-state index contributed by atoms with van der Waals surface area (Å²) in [6.07, 6.45) is 1.90. The average molecular weight is 292 g/mol. The fraction of sp³-hybridized carbons (Fsp3) is 0.438. The number of aromatic nitrogens is 2. The molecule has 0 saturated carbocycles. The normalized spacial score (nSPS) is 11.0. The molecule has 108 valence electrons. The zero-order chi connectivity index (χ0) is 14.5. The largest absolute Gasteiger partial charge is 0.311 e. The van der Waals surface area contributed by atoms with Crippen LogP contribution in [0.5, 0.6) is 0 Å². The maximum atomic E-state index is 6.32. The van der Waals surface area contributed by atoms with E-state index in [1.54, 1.807) is 0 Å². The Morgan fingerprint density at radius 3 is 2.80 bits per heavy atom. The fourth-order valence-electron chi connectivity index (χ4n) is 2.32. The van der Waals surface area contributed by atoms with E-state index in [1.165, 1.54) is 11.1 Å². The van der Waals surface area contributed by atoms with Crippen LogP contribution in [0.3, 0.4) is 0 Å². The lowest BCUT2D eigenvalue weighted by Crippen LogP contribution is -2.18. The highest BCUT2D eigenvalue weighted by molar-refractivity contribution is 6.31. The van der Waals surface area contributed by atoms with E-state index in [0.29, 0.717) is 0 Å². The molecule has 1 aromatic heterocycles. The predicted octanol–water partition coefficient (Wildman–Crippen LogP) is 3.28. The number of benzene rings is 1. The van der Waals surface area contributed by atoms with Gasteiger partial charge in [-0.05, 0) is 31.9 Å². The van der Waals surface area contributed by atoms with Crippen molar-refractivity contribution in [1.29, 1.82) is 0 Å². The minimum atomic E-state index is 0.758. The predicted molar refractivity (Wildman–Crippen MR) is 84.2 cm³/mol. The molecule has 20 heavy (non-hydrogen) atoms. The molecule has 3 nitrogen and oxygen atoms in total. The minimum absolute atomic E-state index is 0.758. The van der Waals surface area contributed by atoms with E-state index in [1.807, 2.05) is 11.7 Å². The standard InChI is InChI=1S/C16H22ClN3/c1-4-14-16(17)15(20(3)19-14)11-18-9-8-13-7-5-6-12(2)10-13/h5-7,10,18H,4,8-9,11H2,1-3H3. The summed E-state index contributed by atoms with van der Waals surface area (Å²) in [6, 6.07) is 8.63. The smallest absolute Gasteiger partial charge is 0.0863 e. The monoisotopic (exact) mass is 291 g/mol. The Bertz CT molecular complexity index is 575.